The van der Waals surface area contributed by atoms with Crippen molar-refractivity contribution in [3.63, 3.8) is 0 Å². The minimum atomic E-state index is 0.345. The van der Waals surface area contributed by atoms with Gasteiger partial charge in [0.1, 0.15) is 5.17 Å². The maximum atomic E-state index is 5.49. The number of hydrogen-bond acceptors (Lipinski definition) is 1. The van der Waals surface area contributed by atoms with E-state index < -0.39 is 0 Å². The Morgan fingerprint density at radius 1 is 1.56 bits per heavy atom. The Morgan fingerprint density at radius 2 is 2.11 bits per heavy atom. The second kappa shape index (κ2) is 4.59. The number of hydrogen-bond donors (Lipinski definition) is 0. The minimum absolute atomic E-state index is 0.345. The SMILES string of the molecule is C=C/N=C(Cl)\C=C(/C)Cl. The van der Waals surface area contributed by atoms with Gasteiger partial charge in [0.25, 0.3) is 0 Å². The van der Waals surface area contributed by atoms with Crippen LogP contribution in [0.3, 0.4) is 0 Å². The molecule has 0 radical (unpaired) electrons. The van der Waals surface area contributed by atoms with Crippen LogP contribution in [0.25, 0.3) is 0 Å². The summed E-state index contributed by atoms with van der Waals surface area (Å²) in [5.74, 6) is 0. The zero-order chi connectivity index (χ0) is 7.28. The first kappa shape index (κ1) is 8.73. The minimum Gasteiger partial charge on any atom is -0.245 e. The zero-order valence-electron chi connectivity index (χ0n) is 5.06. The first-order valence-electron chi connectivity index (χ1n) is 2.35. The third-order valence-corrected chi connectivity index (χ3v) is 0.848. The van der Waals surface area contributed by atoms with E-state index in [1.807, 2.05) is 0 Å². The van der Waals surface area contributed by atoms with Crippen LogP contribution in [0.5, 0.6) is 0 Å². The highest BCUT2D eigenvalue weighted by Crippen LogP contribution is 2.00. The molecule has 0 fully saturated rings. The van der Waals surface area contributed by atoms with Gasteiger partial charge >= 0.3 is 0 Å². The van der Waals surface area contributed by atoms with E-state index in [2.05, 4.69) is 11.6 Å². The number of halogens is 2. The van der Waals surface area contributed by atoms with Crippen LogP contribution in [-0.2, 0) is 0 Å². The van der Waals surface area contributed by atoms with E-state index in [1.165, 1.54) is 6.20 Å². The molecule has 0 amide bonds. The standard InChI is InChI=1S/C6H7Cl2N/c1-3-9-6(8)4-5(2)7/h3-4H,1H2,2H3/b5-4+,9-6+. The monoisotopic (exact) mass is 163 g/mol. The molecule has 0 saturated carbocycles. The fourth-order valence-corrected chi connectivity index (χ4v) is 0.680. The molecule has 0 aliphatic carbocycles. The molecule has 0 spiro atoms. The van der Waals surface area contributed by atoms with Crippen molar-refractivity contribution >= 4 is 28.4 Å². The van der Waals surface area contributed by atoms with Gasteiger partial charge in [-0.25, -0.2) is 4.99 Å². The number of nitrogens with zero attached hydrogens (tertiary/aromatic N) is 1. The molecule has 0 bridgehead atoms. The summed E-state index contributed by atoms with van der Waals surface area (Å²) in [6.07, 6.45) is 2.91. The lowest BCUT2D eigenvalue weighted by atomic mass is 10.5. The predicted molar refractivity (Wildman–Crippen MR) is 43.1 cm³/mol. The number of rotatable bonds is 2. The molecular formula is C6H7Cl2N. The third-order valence-electron chi connectivity index (χ3n) is 0.533. The molecule has 0 saturated heterocycles. The Balaban J connectivity index is 4.05. The topological polar surface area (TPSA) is 12.4 Å². The second-order valence-corrected chi connectivity index (χ2v) is 2.35. The highest BCUT2D eigenvalue weighted by molar-refractivity contribution is 6.69. The summed E-state index contributed by atoms with van der Waals surface area (Å²) in [4.78, 5) is 3.65. The number of aliphatic imine (C=N–C) groups is 1. The Kier molecular flexibility index (Phi) is 4.46. The average Bonchev–Trinajstić information content (AvgIpc) is 1.63. The summed E-state index contributed by atoms with van der Waals surface area (Å²) in [7, 11) is 0. The highest BCUT2D eigenvalue weighted by Gasteiger charge is 1.84. The molecule has 1 nitrogen and oxygen atoms in total. The molecule has 3 heteroatoms. The van der Waals surface area contributed by atoms with Crippen molar-refractivity contribution in [1.82, 2.24) is 0 Å². The molecule has 0 aliphatic rings. The van der Waals surface area contributed by atoms with Gasteiger partial charge in [-0.15, -0.1) is 0 Å². The lowest BCUT2D eigenvalue weighted by Crippen LogP contribution is -1.76. The maximum Gasteiger partial charge on any atom is 0.130 e. The van der Waals surface area contributed by atoms with Gasteiger partial charge in [0.05, 0.1) is 0 Å². The summed E-state index contributed by atoms with van der Waals surface area (Å²) < 4.78 is 0. The van der Waals surface area contributed by atoms with Gasteiger partial charge in [0.2, 0.25) is 0 Å². The van der Waals surface area contributed by atoms with E-state index in [-0.39, 0.29) is 0 Å². The molecule has 0 aliphatic heterocycles. The Bertz CT molecular complexity index is 154. The quantitative estimate of drug-likeness (QED) is 0.556. The largest absolute Gasteiger partial charge is 0.245 e. The average molecular weight is 164 g/mol. The fraction of sp³-hybridized carbons (Fsp3) is 0.167. The van der Waals surface area contributed by atoms with Gasteiger partial charge in [-0.3, -0.25) is 0 Å². The molecule has 0 N–H and O–H groups in total. The van der Waals surface area contributed by atoms with Gasteiger partial charge in [-0.05, 0) is 13.0 Å². The molecular weight excluding hydrogens is 157 g/mol. The molecule has 0 aromatic rings. The third kappa shape index (κ3) is 5.60. The van der Waals surface area contributed by atoms with Gasteiger partial charge in [0.15, 0.2) is 0 Å². The van der Waals surface area contributed by atoms with Crippen molar-refractivity contribution < 1.29 is 0 Å². The first-order chi connectivity index (χ1) is 4.16. The van der Waals surface area contributed by atoms with Crippen molar-refractivity contribution in [2.75, 3.05) is 0 Å². The van der Waals surface area contributed by atoms with E-state index in [4.69, 9.17) is 23.2 Å². The predicted octanol–water partition coefficient (Wildman–Crippen LogP) is 2.91. The summed E-state index contributed by atoms with van der Waals surface area (Å²) in [6.45, 7) is 5.09. The Hall–Kier alpha value is -0.270. The molecule has 9 heavy (non-hydrogen) atoms. The van der Waals surface area contributed by atoms with E-state index in [1.54, 1.807) is 13.0 Å². The summed E-state index contributed by atoms with van der Waals surface area (Å²) >= 11 is 11.0. The fourth-order valence-electron chi connectivity index (χ4n) is 0.289. The molecule has 50 valence electrons. The second-order valence-electron chi connectivity index (χ2n) is 1.37. The van der Waals surface area contributed by atoms with Gasteiger partial charge < -0.3 is 0 Å². The van der Waals surface area contributed by atoms with E-state index in [9.17, 15) is 0 Å². The van der Waals surface area contributed by atoms with Gasteiger partial charge in [0, 0.05) is 11.2 Å². The Labute approximate surface area is 64.7 Å². The molecule has 0 rings (SSSR count). The molecule has 0 aromatic carbocycles. The molecule has 0 heterocycles. The van der Waals surface area contributed by atoms with E-state index in [0.717, 1.165) is 0 Å². The lowest BCUT2D eigenvalue weighted by molar-refractivity contribution is 1.60. The summed E-state index contributed by atoms with van der Waals surface area (Å²) in [5, 5.41) is 0.947. The smallest absolute Gasteiger partial charge is 0.130 e. The van der Waals surface area contributed by atoms with Crippen LogP contribution in [-0.4, -0.2) is 5.17 Å². The van der Waals surface area contributed by atoms with Crippen LogP contribution in [0, 0.1) is 0 Å². The van der Waals surface area contributed by atoms with Crippen molar-refractivity contribution in [1.29, 1.82) is 0 Å². The van der Waals surface area contributed by atoms with Gasteiger partial charge in [-0.1, -0.05) is 29.8 Å². The van der Waals surface area contributed by atoms with Crippen LogP contribution in [0.2, 0.25) is 0 Å². The van der Waals surface area contributed by atoms with E-state index in [0.29, 0.717) is 10.2 Å². The summed E-state index contributed by atoms with van der Waals surface area (Å²) in [6, 6.07) is 0. The zero-order valence-corrected chi connectivity index (χ0v) is 6.58. The van der Waals surface area contributed by atoms with Crippen LogP contribution in [0.15, 0.2) is 28.9 Å². The molecule has 0 atom stereocenters. The number of allylic oxidation sites excluding steroid dienone is 2. The van der Waals surface area contributed by atoms with Crippen LogP contribution in [0.1, 0.15) is 6.92 Å². The Morgan fingerprint density at radius 3 is 2.44 bits per heavy atom. The van der Waals surface area contributed by atoms with Crippen LogP contribution < -0.4 is 0 Å². The molecule has 0 unspecified atom stereocenters. The van der Waals surface area contributed by atoms with Gasteiger partial charge in [-0.2, -0.15) is 0 Å². The van der Waals surface area contributed by atoms with Crippen LogP contribution in [0.4, 0.5) is 0 Å². The lowest BCUT2D eigenvalue weighted by Gasteiger charge is -1.83. The molecule has 0 aromatic heterocycles. The van der Waals surface area contributed by atoms with E-state index >= 15 is 0 Å². The maximum absolute atomic E-state index is 5.49. The van der Waals surface area contributed by atoms with Crippen molar-refractivity contribution in [2.45, 2.75) is 6.92 Å². The van der Waals surface area contributed by atoms with Crippen LogP contribution >= 0.6 is 23.2 Å². The van der Waals surface area contributed by atoms with Crippen molar-refractivity contribution in [2.24, 2.45) is 4.99 Å². The van der Waals surface area contributed by atoms with Crippen molar-refractivity contribution in [3.05, 3.63) is 23.9 Å². The highest BCUT2D eigenvalue weighted by atomic mass is 35.5. The first-order valence-corrected chi connectivity index (χ1v) is 3.10. The summed E-state index contributed by atoms with van der Waals surface area (Å²) in [5.41, 5.74) is 0. The normalized spacial score (nSPS) is 13.7. The van der Waals surface area contributed by atoms with Crippen molar-refractivity contribution in [3.8, 4) is 0 Å².